The molecule has 0 saturated carbocycles. The smallest absolute Gasteiger partial charge is 0.203 e. The molecule has 9 heteroatoms. The van der Waals surface area contributed by atoms with E-state index in [0.717, 1.165) is 17.1 Å². The van der Waals surface area contributed by atoms with Crippen LogP contribution in [-0.4, -0.2) is 48.3 Å². The third-order valence-electron chi connectivity index (χ3n) is 4.89. The third kappa shape index (κ3) is 4.78. The molecule has 0 amide bonds. The number of methoxy groups -OCH3 is 3. The molecule has 3 aromatic rings. The molecule has 0 fully saturated rings. The number of aromatic nitrogens is 3. The first-order chi connectivity index (χ1) is 15.4. The number of hydrogen-bond acceptors (Lipinski definition) is 7. The minimum absolute atomic E-state index is 0.368. The molecule has 0 unspecified atom stereocenters. The van der Waals surface area contributed by atoms with Gasteiger partial charge in [0.1, 0.15) is 12.1 Å². The van der Waals surface area contributed by atoms with Crippen LogP contribution in [0.5, 0.6) is 17.2 Å². The number of nitrogens with zero attached hydrogens (tertiary/aromatic N) is 4. The molecule has 9 nitrogen and oxygen atoms in total. The van der Waals surface area contributed by atoms with E-state index in [2.05, 4.69) is 47.9 Å². The second-order valence-corrected chi connectivity index (χ2v) is 7.35. The standard InChI is InChI=1S/C23H30N6O3/c1-15(2)25-12-17-8-9-19(29(17)24-4)16(3)27-22-13-28(14-26-22)18-10-20(30-5)23(32-7)21(11-18)31-6/h8-11,13-15,25,27H,3-4,12H2,1-2,5-7H3. The Morgan fingerprint density at radius 1 is 1.12 bits per heavy atom. The van der Waals surface area contributed by atoms with Gasteiger partial charge in [-0.3, -0.25) is 0 Å². The van der Waals surface area contributed by atoms with Crippen molar-refractivity contribution in [3.63, 3.8) is 0 Å². The van der Waals surface area contributed by atoms with E-state index in [4.69, 9.17) is 14.2 Å². The Hall–Kier alpha value is -3.72. The Morgan fingerprint density at radius 2 is 1.81 bits per heavy atom. The van der Waals surface area contributed by atoms with E-state index in [9.17, 15) is 0 Å². The van der Waals surface area contributed by atoms with E-state index in [-0.39, 0.29) is 0 Å². The van der Waals surface area contributed by atoms with Crippen LogP contribution in [0.3, 0.4) is 0 Å². The van der Waals surface area contributed by atoms with Gasteiger partial charge in [0.05, 0.1) is 50.3 Å². The van der Waals surface area contributed by atoms with Gasteiger partial charge in [-0.05, 0) is 12.1 Å². The summed E-state index contributed by atoms with van der Waals surface area (Å²) in [6.07, 6.45) is 3.54. The van der Waals surface area contributed by atoms with Crippen molar-refractivity contribution in [1.82, 2.24) is 19.5 Å². The lowest BCUT2D eigenvalue weighted by molar-refractivity contribution is 0.324. The SMILES string of the molecule is C=Nn1c(CNC(C)C)ccc1C(=C)Nc1cn(-c2cc(OC)c(OC)c(OC)c2)cn1. The minimum atomic E-state index is 0.368. The van der Waals surface area contributed by atoms with E-state index >= 15 is 0 Å². The number of ether oxygens (including phenoxy) is 3. The van der Waals surface area contributed by atoms with Gasteiger partial charge in [0.2, 0.25) is 5.75 Å². The average Bonchev–Trinajstić information content (AvgIpc) is 3.43. The monoisotopic (exact) mass is 438 g/mol. The summed E-state index contributed by atoms with van der Waals surface area (Å²) in [4.78, 5) is 4.44. The first-order valence-electron chi connectivity index (χ1n) is 10.1. The van der Waals surface area contributed by atoms with E-state index in [1.165, 1.54) is 0 Å². The van der Waals surface area contributed by atoms with Crippen LogP contribution in [0.4, 0.5) is 5.82 Å². The molecule has 0 bridgehead atoms. The van der Waals surface area contributed by atoms with Crippen molar-refractivity contribution in [1.29, 1.82) is 0 Å². The van der Waals surface area contributed by atoms with Crippen molar-refractivity contribution >= 4 is 18.2 Å². The molecule has 170 valence electrons. The van der Waals surface area contributed by atoms with Crippen LogP contribution in [0.1, 0.15) is 25.2 Å². The topological polar surface area (TPSA) is 86.9 Å². The van der Waals surface area contributed by atoms with E-state index in [1.54, 1.807) is 32.3 Å². The second-order valence-electron chi connectivity index (χ2n) is 7.35. The summed E-state index contributed by atoms with van der Waals surface area (Å²) in [7, 11) is 4.74. The summed E-state index contributed by atoms with van der Waals surface area (Å²) < 4.78 is 19.9. The molecule has 0 atom stereocenters. The van der Waals surface area contributed by atoms with Crippen LogP contribution in [0.25, 0.3) is 11.4 Å². The van der Waals surface area contributed by atoms with E-state index in [1.807, 2.05) is 35.0 Å². The fourth-order valence-electron chi connectivity index (χ4n) is 3.27. The maximum absolute atomic E-state index is 5.44. The van der Waals surface area contributed by atoms with Gasteiger partial charge in [0, 0.05) is 31.4 Å². The number of nitrogens with one attached hydrogen (secondary N) is 2. The first kappa shape index (κ1) is 23.0. The van der Waals surface area contributed by atoms with Gasteiger partial charge in [-0.25, -0.2) is 9.66 Å². The number of rotatable bonds is 11. The van der Waals surface area contributed by atoms with Gasteiger partial charge in [-0.15, -0.1) is 0 Å². The lowest BCUT2D eigenvalue weighted by atomic mass is 10.2. The van der Waals surface area contributed by atoms with E-state index in [0.29, 0.717) is 41.4 Å². The highest BCUT2D eigenvalue weighted by Gasteiger charge is 2.15. The summed E-state index contributed by atoms with van der Waals surface area (Å²) in [6.45, 7) is 12.7. The van der Waals surface area contributed by atoms with Crippen molar-refractivity contribution in [2.75, 3.05) is 26.6 Å². The predicted octanol–water partition coefficient (Wildman–Crippen LogP) is 3.74. The van der Waals surface area contributed by atoms with Crippen LogP contribution in [0.15, 0.2) is 48.5 Å². The van der Waals surface area contributed by atoms with Gasteiger partial charge in [-0.2, -0.15) is 5.10 Å². The molecule has 3 rings (SSSR count). The van der Waals surface area contributed by atoms with Gasteiger partial charge in [0.25, 0.3) is 0 Å². The van der Waals surface area contributed by atoms with Crippen LogP contribution < -0.4 is 24.8 Å². The second kappa shape index (κ2) is 10.1. The summed E-state index contributed by atoms with van der Waals surface area (Å²) in [6, 6.07) is 8.02. The number of imidazole rings is 1. The molecule has 2 heterocycles. The molecule has 0 aliphatic carbocycles. The molecular formula is C23H30N6O3. The van der Waals surface area contributed by atoms with Crippen molar-refractivity contribution in [3.8, 4) is 22.9 Å². The largest absolute Gasteiger partial charge is 0.493 e. The zero-order valence-corrected chi connectivity index (χ0v) is 19.2. The van der Waals surface area contributed by atoms with Gasteiger partial charge < -0.3 is 29.4 Å². The Bertz CT molecular complexity index is 1070. The molecule has 0 saturated heterocycles. The number of anilines is 1. The highest BCUT2D eigenvalue weighted by molar-refractivity contribution is 5.72. The highest BCUT2D eigenvalue weighted by atomic mass is 16.5. The third-order valence-corrected chi connectivity index (χ3v) is 4.89. The Kier molecular flexibility index (Phi) is 7.21. The molecule has 0 spiro atoms. The minimum Gasteiger partial charge on any atom is -0.493 e. The quantitative estimate of drug-likeness (QED) is 0.444. The molecule has 32 heavy (non-hydrogen) atoms. The zero-order chi connectivity index (χ0) is 23.3. The lowest BCUT2D eigenvalue weighted by Crippen LogP contribution is -2.23. The molecule has 0 aliphatic rings. The average molecular weight is 439 g/mol. The van der Waals surface area contributed by atoms with Crippen molar-refractivity contribution in [2.45, 2.75) is 26.4 Å². The first-order valence-corrected chi connectivity index (χ1v) is 10.1. The summed E-state index contributed by atoms with van der Waals surface area (Å²) in [5, 5.41) is 10.8. The van der Waals surface area contributed by atoms with Gasteiger partial charge in [-0.1, -0.05) is 20.4 Å². The number of benzene rings is 1. The van der Waals surface area contributed by atoms with Crippen LogP contribution in [0, 0.1) is 0 Å². The summed E-state index contributed by atoms with van der Waals surface area (Å²) in [5.41, 5.74) is 3.27. The Morgan fingerprint density at radius 3 is 2.38 bits per heavy atom. The fraction of sp³-hybridized carbons (Fsp3) is 0.304. The summed E-state index contributed by atoms with van der Waals surface area (Å²) in [5.74, 6) is 2.28. The lowest BCUT2D eigenvalue weighted by Gasteiger charge is -2.14. The van der Waals surface area contributed by atoms with Crippen molar-refractivity contribution in [3.05, 3.63) is 54.8 Å². The van der Waals surface area contributed by atoms with Crippen LogP contribution >= 0.6 is 0 Å². The Balaban J connectivity index is 1.82. The molecule has 2 N–H and O–H groups in total. The maximum atomic E-state index is 5.44. The van der Waals surface area contributed by atoms with Crippen LogP contribution in [-0.2, 0) is 6.54 Å². The van der Waals surface area contributed by atoms with E-state index < -0.39 is 0 Å². The molecule has 2 aromatic heterocycles. The fourth-order valence-corrected chi connectivity index (χ4v) is 3.27. The highest BCUT2D eigenvalue weighted by Crippen LogP contribution is 2.39. The van der Waals surface area contributed by atoms with Crippen molar-refractivity contribution < 1.29 is 14.2 Å². The molecule has 0 aliphatic heterocycles. The normalized spacial score (nSPS) is 10.8. The number of hydrogen-bond donors (Lipinski definition) is 2. The molecular weight excluding hydrogens is 408 g/mol. The van der Waals surface area contributed by atoms with Crippen molar-refractivity contribution in [2.24, 2.45) is 5.10 Å². The zero-order valence-electron chi connectivity index (χ0n) is 19.2. The predicted molar refractivity (Wildman–Crippen MR) is 127 cm³/mol. The van der Waals surface area contributed by atoms with Crippen LogP contribution in [0.2, 0.25) is 0 Å². The molecule has 1 aromatic carbocycles. The van der Waals surface area contributed by atoms with Gasteiger partial charge in [0.15, 0.2) is 11.5 Å². The Labute approximate surface area is 188 Å². The van der Waals surface area contributed by atoms with Gasteiger partial charge >= 0.3 is 0 Å². The molecule has 0 radical (unpaired) electrons. The maximum Gasteiger partial charge on any atom is 0.203 e. The summed E-state index contributed by atoms with van der Waals surface area (Å²) >= 11 is 0.